The summed E-state index contributed by atoms with van der Waals surface area (Å²) >= 11 is 0. The van der Waals surface area contributed by atoms with E-state index >= 15 is 0 Å². The molecule has 0 aliphatic carbocycles. The lowest BCUT2D eigenvalue weighted by atomic mass is 10.1. The SMILES string of the molecule is Cc1nccnc1-c1nn(C(C)C)cc1C(=O)O. The summed E-state index contributed by atoms with van der Waals surface area (Å²) in [5.41, 5.74) is 1.68. The summed E-state index contributed by atoms with van der Waals surface area (Å²) in [6, 6.07) is 0.0915. The summed E-state index contributed by atoms with van der Waals surface area (Å²) in [6.45, 7) is 5.65. The standard InChI is InChI=1S/C12H14N4O2/c1-7(2)16-6-9(12(17)18)11(15-16)10-8(3)13-4-5-14-10/h4-7H,1-3H3,(H,17,18). The van der Waals surface area contributed by atoms with Crippen molar-refractivity contribution in [3.05, 3.63) is 29.8 Å². The van der Waals surface area contributed by atoms with Crippen LogP contribution in [-0.4, -0.2) is 30.8 Å². The van der Waals surface area contributed by atoms with Crippen molar-refractivity contribution in [1.82, 2.24) is 19.7 Å². The first-order valence-electron chi connectivity index (χ1n) is 5.61. The van der Waals surface area contributed by atoms with Crippen molar-refractivity contribution in [2.24, 2.45) is 0 Å². The lowest BCUT2D eigenvalue weighted by Crippen LogP contribution is -2.01. The quantitative estimate of drug-likeness (QED) is 0.894. The maximum absolute atomic E-state index is 11.2. The van der Waals surface area contributed by atoms with E-state index in [0.717, 1.165) is 0 Å². The highest BCUT2D eigenvalue weighted by Gasteiger charge is 2.20. The van der Waals surface area contributed by atoms with E-state index in [0.29, 0.717) is 17.1 Å². The van der Waals surface area contributed by atoms with Crippen molar-refractivity contribution in [1.29, 1.82) is 0 Å². The molecule has 6 heteroatoms. The topological polar surface area (TPSA) is 80.9 Å². The lowest BCUT2D eigenvalue weighted by molar-refractivity contribution is 0.0697. The smallest absolute Gasteiger partial charge is 0.339 e. The van der Waals surface area contributed by atoms with Crippen molar-refractivity contribution in [3.8, 4) is 11.4 Å². The van der Waals surface area contributed by atoms with Gasteiger partial charge in [-0.2, -0.15) is 5.10 Å². The zero-order valence-electron chi connectivity index (χ0n) is 10.5. The van der Waals surface area contributed by atoms with Gasteiger partial charge in [-0.15, -0.1) is 0 Å². The number of carboxylic acid groups (broad SMARTS) is 1. The molecular weight excluding hydrogens is 232 g/mol. The Kier molecular flexibility index (Phi) is 3.10. The molecule has 0 aliphatic rings. The summed E-state index contributed by atoms with van der Waals surface area (Å²) in [5.74, 6) is -1.01. The molecule has 0 radical (unpaired) electrons. The van der Waals surface area contributed by atoms with Gasteiger partial charge in [-0.1, -0.05) is 0 Å². The fraction of sp³-hybridized carbons (Fsp3) is 0.333. The van der Waals surface area contributed by atoms with Crippen molar-refractivity contribution in [3.63, 3.8) is 0 Å². The molecule has 0 atom stereocenters. The molecule has 0 bridgehead atoms. The van der Waals surface area contributed by atoms with Gasteiger partial charge in [-0.3, -0.25) is 14.6 Å². The molecule has 0 spiro atoms. The van der Waals surface area contributed by atoms with Crippen LogP contribution in [0.2, 0.25) is 0 Å². The zero-order valence-corrected chi connectivity index (χ0v) is 10.5. The third kappa shape index (κ3) is 2.09. The van der Waals surface area contributed by atoms with E-state index < -0.39 is 5.97 Å². The Morgan fingerprint density at radius 2 is 1.94 bits per heavy atom. The minimum Gasteiger partial charge on any atom is -0.478 e. The summed E-state index contributed by atoms with van der Waals surface area (Å²) in [6.07, 6.45) is 4.62. The predicted molar refractivity (Wildman–Crippen MR) is 65.3 cm³/mol. The molecule has 0 amide bonds. The highest BCUT2D eigenvalue weighted by atomic mass is 16.4. The molecule has 0 unspecified atom stereocenters. The first kappa shape index (κ1) is 12.2. The lowest BCUT2D eigenvalue weighted by Gasteiger charge is -2.04. The van der Waals surface area contributed by atoms with Crippen LogP contribution in [0, 0.1) is 6.92 Å². The Hall–Kier alpha value is -2.24. The first-order valence-corrected chi connectivity index (χ1v) is 5.61. The van der Waals surface area contributed by atoms with Crippen LogP contribution in [0.3, 0.4) is 0 Å². The van der Waals surface area contributed by atoms with Crippen molar-refractivity contribution in [2.45, 2.75) is 26.8 Å². The summed E-state index contributed by atoms with van der Waals surface area (Å²) in [7, 11) is 0. The second-order valence-electron chi connectivity index (χ2n) is 4.26. The third-order valence-corrected chi connectivity index (χ3v) is 2.60. The molecule has 2 rings (SSSR count). The van der Waals surface area contributed by atoms with Gasteiger partial charge in [0, 0.05) is 24.6 Å². The number of nitrogens with zero attached hydrogens (tertiary/aromatic N) is 4. The molecule has 2 heterocycles. The van der Waals surface area contributed by atoms with Gasteiger partial charge in [-0.25, -0.2) is 4.79 Å². The maximum atomic E-state index is 11.2. The Balaban J connectivity index is 2.63. The van der Waals surface area contributed by atoms with E-state index in [1.807, 2.05) is 13.8 Å². The minimum absolute atomic E-state index is 0.0915. The van der Waals surface area contributed by atoms with Gasteiger partial charge < -0.3 is 5.11 Å². The first-order chi connectivity index (χ1) is 8.50. The zero-order chi connectivity index (χ0) is 13.3. The van der Waals surface area contributed by atoms with Gasteiger partial charge in [0.15, 0.2) is 0 Å². The molecule has 18 heavy (non-hydrogen) atoms. The van der Waals surface area contributed by atoms with Gasteiger partial charge in [0.05, 0.1) is 5.69 Å². The molecular formula is C12H14N4O2. The molecule has 0 fully saturated rings. The normalized spacial score (nSPS) is 10.9. The summed E-state index contributed by atoms with van der Waals surface area (Å²) < 4.78 is 1.62. The van der Waals surface area contributed by atoms with Gasteiger partial charge in [0.1, 0.15) is 17.0 Å². The number of aromatic nitrogens is 4. The largest absolute Gasteiger partial charge is 0.478 e. The molecule has 1 N–H and O–H groups in total. The number of aromatic carboxylic acids is 1. The average Bonchev–Trinajstić information content (AvgIpc) is 2.74. The third-order valence-electron chi connectivity index (χ3n) is 2.60. The molecule has 2 aromatic rings. The van der Waals surface area contributed by atoms with E-state index in [1.54, 1.807) is 17.8 Å². The molecule has 6 nitrogen and oxygen atoms in total. The van der Waals surface area contributed by atoms with Crippen LogP contribution >= 0.6 is 0 Å². The Labute approximate surface area is 104 Å². The van der Waals surface area contributed by atoms with E-state index in [-0.39, 0.29) is 11.6 Å². The number of carboxylic acids is 1. The summed E-state index contributed by atoms with van der Waals surface area (Å²) in [4.78, 5) is 19.5. The van der Waals surface area contributed by atoms with Crippen molar-refractivity contribution in [2.75, 3.05) is 0 Å². The Morgan fingerprint density at radius 3 is 2.50 bits per heavy atom. The van der Waals surface area contributed by atoms with E-state index in [2.05, 4.69) is 15.1 Å². The van der Waals surface area contributed by atoms with Gasteiger partial charge in [0.25, 0.3) is 0 Å². The van der Waals surface area contributed by atoms with Crippen LogP contribution < -0.4 is 0 Å². The molecule has 0 saturated heterocycles. The fourth-order valence-corrected chi connectivity index (χ4v) is 1.63. The monoisotopic (exact) mass is 246 g/mol. The number of aryl methyl sites for hydroxylation is 1. The van der Waals surface area contributed by atoms with Gasteiger partial charge in [0.2, 0.25) is 0 Å². The minimum atomic E-state index is -1.01. The summed E-state index contributed by atoms with van der Waals surface area (Å²) in [5, 5.41) is 13.5. The van der Waals surface area contributed by atoms with E-state index in [9.17, 15) is 9.90 Å². The molecule has 2 aromatic heterocycles. The van der Waals surface area contributed by atoms with Crippen molar-refractivity contribution < 1.29 is 9.90 Å². The molecule has 94 valence electrons. The van der Waals surface area contributed by atoms with Crippen LogP contribution in [0.1, 0.15) is 35.9 Å². The number of carbonyl (C=O) groups is 1. The predicted octanol–water partition coefficient (Wildman–Crippen LogP) is 1.93. The van der Waals surface area contributed by atoms with Crippen LogP contribution in [0.15, 0.2) is 18.6 Å². The van der Waals surface area contributed by atoms with Gasteiger partial charge in [-0.05, 0) is 20.8 Å². The van der Waals surface area contributed by atoms with Crippen LogP contribution in [0.25, 0.3) is 11.4 Å². The Bertz CT molecular complexity index is 590. The second kappa shape index (κ2) is 4.56. The number of rotatable bonds is 3. The van der Waals surface area contributed by atoms with Gasteiger partial charge >= 0.3 is 5.97 Å². The van der Waals surface area contributed by atoms with E-state index in [1.165, 1.54) is 12.4 Å². The highest BCUT2D eigenvalue weighted by molar-refractivity contribution is 5.94. The average molecular weight is 246 g/mol. The highest BCUT2D eigenvalue weighted by Crippen LogP contribution is 2.23. The second-order valence-corrected chi connectivity index (χ2v) is 4.26. The van der Waals surface area contributed by atoms with E-state index in [4.69, 9.17) is 0 Å². The molecule has 0 saturated carbocycles. The Morgan fingerprint density at radius 1 is 1.28 bits per heavy atom. The number of hydrogen-bond acceptors (Lipinski definition) is 4. The van der Waals surface area contributed by atoms with Crippen LogP contribution in [0.5, 0.6) is 0 Å². The molecule has 0 aromatic carbocycles. The molecule has 0 aliphatic heterocycles. The fourth-order valence-electron chi connectivity index (χ4n) is 1.63. The van der Waals surface area contributed by atoms with Crippen LogP contribution in [0.4, 0.5) is 0 Å². The maximum Gasteiger partial charge on any atom is 0.339 e. The van der Waals surface area contributed by atoms with Crippen molar-refractivity contribution >= 4 is 5.97 Å². The number of hydrogen-bond donors (Lipinski definition) is 1. The van der Waals surface area contributed by atoms with Crippen LogP contribution in [-0.2, 0) is 0 Å².